The standard InChI is InChI=1S/C32H35F9N8O/c1-5-26(48-10-8-20(9-11-48)28-42-27(18(2)3)45-50-28)25-7-6-22(30(33,34)35)14-21(25)17-49(29-43-46-47(4)44-29)16-19-12-23(31(36,37)38)15-24(13-19)32(39,40)41/h6-7,12-15,18,20,26H,5,8-11,16-17H2,1-4H3. The van der Waals surface area contributed by atoms with Crippen LogP contribution in [0.15, 0.2) is 40.9 Å². The second-order valence-electron chi connectivity index (χ2n) is 12.6. The number of alkyl halides is 9. The first-order valence-corrected chi connectivity index (χ1v) is 15.9. The zero-order valence-corrected chi connectivity index (χ0v) is 27.5. The van der Waals surface area contributed by atoms with Crippen LogP contribution in [0.1, 0.15) is 103 Å². The van der Waals surface area contributed by atoms with E-state index in [-0.39, 0.29) is 42.0 Å². The van der Waals surface area contributed by atoms with Crippen LogP contribution in [-0.4, -0.2) is 48.3 Å². The van der Waals surface area contributed by atoms with Gasteiger partial charge in [0.25, 0.3) is 5.95 Å². The fourth-order valence-corrected chi connectivity index (χ4v) is 6.16. The second kappa shape index (κ2) is 14.2. The number of tetrazole rings is 1. The van der Waals surface area contributed by atoms with Gasteiger partial charge in [-0.2, -0.15) is 49.3 Å². The molecule has 2 aromatic carbocycles. The van der Waals surface area contributed by atoms with Crippen LogP contribution in [0.4, 0.5) is 45.5 Å². The Morgan fingerprint density at radius 3 is 1.98 bits per heavy atom. The maximum atomic E-state index is 14.0. The number of piperidine rings is 1. The van der Waals surface area contributed by atoms with E-state index in [0.29, 0.717) is 61.8 Å². The number of hydrogen-bond donors (Lipinski definition) is 0. The van der Waals surface area contributed by atoms with Crippen molar-refractivity contribution < 1.29 is 44.0 Å². The summed E-state index contributed by atoms with van der Waals surface area (Å²) in [5.41, 5.74) is -3.74. The Hall–Kier alpha value is -4.22. The van der Waals surface area contributed by atoms with E-state index in [2.05, 4.69) is 30.5 Å². The SMILES string of the molecule is CCC(c1ccc(C(F)(F)F)cc1CN(Cc1cc(C(F)(F)F)cc(C(F)(F)F)c1)c1nnn(C)n1)N1CCC(c2nc(C(C)C)no2)CC1. The minimum atomic E-state index is -5.10. The average molecular weight is 719 g/mol. The number of halogens is 9. The topological polar surface area (TPSA) is 89.0 Å². The Balaban J connectivity index is 1.50. The number of aryl methyl sites for hydroxylation is 1. The molecule has 0 bridgehead atoms. The summed E-state index contributed by atoms with van der Waals surface area (Å²) in [7, 11) is 1.39. The molecule has 0 aliphatic carbocycles. The molecule has 0 N–H and O–H groups in total. The monoisotopic (exact) mass is 718 g/mol. The molecule has 50 heavy (non-hydrogen) atoms. The quantitative estimate of drug-likeness (QED) is 0.151. The zero-order valence-electron chi connectivity index (χ0n) is 27.5. The molecule has 4 aromatic rings. The Bertz CT molecular complexity index is 1720. The van der Waals surface area contributed by atoms with E-state index in [0.717, 1.165) is 16.9 Å². The number of nitrogens with zero attached hydrogens (tertiary/aromatic N) is 8. The Labute approximate surface area is 281 Å². The molecule has 1 saturated heterocycles. The Morgan fingerprint density at radius 1 is 0.860 bits per heavy atom. The first-order valence-electron chi connectivity index (χ1n) is 15.9. The van der Waals surface area contributed by atoms with Gasteiger partial charge in [0.2, 0.25) is 5.89 Å². The normalized spacial score (nSPS) is 16.0. The highest BCUT2D eigenvalue weighted by atomic mass is 19.4. The lowest BCUT2D eigenvalue weighted by atomic mass is 9.90. The summed E-state index contributed by atoms with van der Waals surface area (Å²) < 4.78 is 130. The van der Waals surface area contributed by atoms with Crippen molar-refractivity contribution in [3.63, 3.8) is 0 Å². The summed E-state index contributed by atoms with van der Waals surface area (Å²) in [6.45, 7) is 5.92. The molecule has 1 atom stereocenters. The third-order valence-electron chi connectivity index (χ3n) is 8.67. The predicted molar refractivity (Wildman–Crippen MR) is 162 cm³/mol. The van der Waals surface area contributed by atoms with E-state index in [4.69, 9.17) is 4.52 Å². The minimum Gasteiger partial charge on any atom is -0.339 e. The van der Waals surface area contributed by atoms with Gasteiger partial charge in [-0.3, -0.25) is 4.90 Å². The lowest BCUT2D eigenvalue weighted by Gasteiger charge is -2.38. The van der Waals surface area contributed by atoms with Crippen molar-refractivity contribution >= 4 is 5.95 Å². The molecular weight excluding hydrogens is 683 g/mol. The first-order chi connectivity index (χ1) is 23.3. The van der Waals surface area contributed by atoms with Gasteiger partial charge in [0.1, 0.15) is 0 Å². The van der Waals surface area contributed by atoms with E-state index in [1.54, 1.807) is 0 Å². The largest absolute Gasteiger partial charge is 0.416 e. The van der Waals surface area contributed by atoms with Gasteiger partial charge in [-0.25, -0.2) is 0 Å². The van der Waals surface area contributed by atoms with Gasteiger partial charge in [0.15, 0.2) is 5.82 Å². The molecule has 272 valence electrons. The molecule has 18 heteroatoms. The van der Waals surface area contributed by atoms with Gasteiger partial charge in [-0.1, -0.05) is 37.1 Å². The van der Waals surface area contributed by atoms with Crippen LogP contribution in [0.5, 0.6) is 0 Å². The third-order valence-corrected chi connectivity index (χ3v) is 8.67. The average Bonchev–Trinajstić information content (AvgIpc) is 3.71. The van der Waals surface area contributed by atoms with Crippen LogP contribution in [0, 0.1) is 0 Å². The maximum absolute atomic E-state index is 14.0. The zero-order chi connectivity index (χ0) is 36.6. The van der Waals surface area contributed by atoms with Crippen LogP contribution in [-0.2, 0) is 38.7 Å². The molecule has 1 aliphatic heterocycles. The van der Waals surface area contributed by atoms with E-state index < -0.39 is 47.3 Å². The third kappa shape index (κ3) is 8.55. The molecule has 0 radical (unpaired) electrons. The number of aromatic nitrogens is 6. The van der Waals surface area contributed by atoms with Crippen molar-refractivity contribution in [2.24, 2.45) is 7.05 Å². The van der Waals surface area contributed by atoms with Crippen molar-refractivity contribution in [1.82, 2.24) is 35.2 Å². The molecule has 0 amide bonds. The summed E-state index contributed by atoms with van der Waals surface area (Å²) in [6, 6.07) is 4.07. The van der Waals surface area contributed by atoms with Crippen molar-refractivity contribution in [1.29, 1.82) is 0 Å². The summed E-state index contributed by atoms with van der Waals surface area (Å²) in [6.07, 6.45) is -13.1. The molecule has 3 heterocycles. The van der Waals surface area contributed by atoms with Crippen molar-refractivity contribution in [2.45, 2.75) is 89.5 Å². The summed E-state index contributed by atoms with van der Waals surface area (Å²) in [5, 5.41) is 15.7. The van der Waals surface area contributed by atoms with Gasteiger partial charge in [-0.05, 0) is 84.6 Å². The van der Waals surface area contributed by atoms with Gasteiger partial charge < -0.3 is 9.42 Å². The van der Waals surface area contributed by atoms with Gasteiger partial charge in [0, 0.05) is 31.0 Å². The summed E-state index contributed by atoms with van der Waals surface area (Å²) >= 11 is 0. The van der Waals surface area contributed by atoms with Crippen LogP contribution in [0.2, 0.25) is 0 Å². The van der Waals surface area contributed by atoms with Crippen LogP contribution < -0.4 is 4.90 Å². The summed E-state index contributed by atoms with van der Waals surface area (Å²) in [5.74, 6) is 1.03. The van der Waals surface area contributed by atoms with Crippen molar-refractivity contribution in [3.8, 4) is 0 Å². The highest BCUT2D eigenvalue weighted by Gasteiger charge is 2.38. The first kappa shape index (κ1) is 37.0. The number of rotatable bonds is 10. The molecule has 1 fully saturated rings. The maximum Gasteiger partial charge on any atom is 0.416 e. The van der Waals surface area contributed by atoms with Gasteiger partial charge >= 0.3 is 18.5 Å². The Kier molecular flexibility index (Phi) is 10.5. The van der Waals surface area contributed by atoms with Crippen molar-refractivity contribution in [2.75, 3.05) is 18.0 Å². The molecular formula is C32H35F9N8O. The highest BCUT2D eigenvalue weighted by Crippen LogP contribution is 2.39. The predicted octanol–water partition coefficient (Wildman–Crippen LogP) is 8.31. The smallest absolute Gasteiger partial charge is 0.339 e. The lowest BCUT2D eigenvalue weighted by molar-refractivity contribution is -0.143. The number of benzene rings is 2. The number of hydrogen-bond acceptors (Lipinski definition) is 8. The summed E-state index contributed by atoms with van der Waals surface area (Å²) in [4.78, 5) is 8.88. The van der Waals surface area contributed by atoms with Gasteiger partial charge in [0.05, 0.1) is 23.7 Å². The van der Waals surface area contributed by atoms with E-state index in [1.807, 2.05) is 20.8 Å². The fraction of sp³-hybridized carbons (Fsp3) is 0.531. The van der Waals surface area contributed by atoms with E-state index in [9.17, 15) is 39.5 Å². The molecule has 9 nitrogen and oxygen atoms in total. The van der Waals surface area contributed by atoms with Crippen molar-refractivity contribution in [3.05, 3.63) is 81.5 Å². The van der Waals surface area contributed by atoms with E-state index in [1.165, 1.54) is 18.0 Å². The van der Waals surface area contributed by atoms with Crippen LogP contribution in [0.3, 0.4) is 0 Å². The second-order valence-corrected chi connectivity index (χ2v) is 12.6. The Morgan fingerprint density at radius 2 is 1.48 bits per heavy atom. The fourth-order valence-electron chi connectivity index (χ4n) is 6.16. The lowest BCUT2D eigenvalue weighted by Crippen LogP contribution is -2.37. The minimum absolute atomic E-state index is 0.00287. The van der Waals surface area contributed by atoms with E-state index >= 15 is 0 Å². The van der Waals surface area contributed by atoms with Gasteiger partial charge in [-0.15, -0.1) is 5.10 Å². The molecule has 2 aromatic heterocycles. The highest BCUT2D eigenvalue weighted by molar-refractivity contribution is 5.42. The molecule has 0 spiro atoms. The van der Waals surface area contributed by atoms with Crippen LogP contribution >= 0.6 is 0 Å². The number of likely N-dealkylation sites (tertiary alicyclic amines) is 1. The molecule has 1 unspecified atom stereocenters. The molecule has 0 saturated carbocycles. The van der Waals surface area contributed by atoms with Crippen LogP contribution in [0.25, 0.3) is 0 Å². The number of anilines is 1. The molecule has 5 rings (SSSR count). The molecule has 1 aliphatic rings.